The van der Waals surface area contributed by atoms with Crippen LogP contribution in [0.25, 0.3) is 10.9 Å². The highest BCUT2D eigenvalue weighted by Gasteiger charge is 2.30. The topological polar surface area (TPSA) is 48.3 Å². The molecule has 1 aromatic heterocycles. The first-order chi connectivity index (χ1) is 14.0. The quantitative estimate of drug-likeness (QED) is 0.532. The Kier molecular flexibility index (Phi) is 5.79. The highest BCUT2D eigenvalue weighted by Crippen LogP contribution is 2.42. The Bertz CT molecular complexity index is 1090. The summed E-state index contributed by atoms with van der Waals surface area (Å²) in [6.07, 6.45) is 5.04. The van der Waals surface area contributed by atoms with Crippen molar-refractivity contribution in [2.75, 3.05) is 13.4 Å². The Labute approximate surface area is 178 Å². The van der Waals surface area contributed by atoms with E-state index in [1.54, 1.807) is 6.26 Å². The van der Waals surface area contributed by atoms with Crippen molar-refractivity contribution in [1.29, 1.82) is 0 Å². The lowest BCUT2D eigenvalue weighted by molar-refractivity contribution is -0.141. The minimum atomic E-state index is -1.11. The van der Waals surface area contributed by atoms with Gasteiger partial charge in [0.1, 0.15) is 0 Å². The first kappa shape index (κ1) is 20.2. The number of rotatable bonds is 5. The molecule has 1 aliphatic carbocycles. The first-order valence-electron chi connectivity index (χ1n) is 9.78. The summed E-state index contributed by atoms with van der Waals surface area (Å²) in [6, 6.07) is 13.9. The molecule has 0 saturated carbocycles. The number of para-hydroxylation sites is 1. The highest BCUT2D eigenvalue weighted by atomic mass is 35.5. The molecule has 0 fully saturated rings. The third-order valence-corrected chi connectivity index (χ3v) is 6.97. The second-order valence-corrected chi connectivity index (χ2v) is 9.34. The van der Waals surface area contributed by atoms with Crippen molar-refractivity contribution in [3.63, 3.8) is 0 Å². The fraction of sp³-hybridized carbons (Fsp3) is 0.348. The standard InChI is InChI=1S/C23H24ClNO3S/c1-28-21(26)13-16-5-3-6-18-19-7-4-8-20(29(2)27)23(19)25(22(16)18)14-15-9-11-17(24)12-10-15/h4,7-12,16H,3,5-6,13-14H2,1-2H3/t16-,29+/m0/s1. The largest absolute Gasteiger partial charge is 0.469 e. The number of esters is 1. The Morgan fingerprint density at radius 3 is 2.69 bits per heavy atom. The van der Waals surface area contributed by atoms with Crippen molar-refractivity contribution < 1.29 is 13.7 Å². The van der Waals surface area contributed by atoms with Crippen LogP contribution in [0.2, 0.25) is 5.02 Å². The number of ether oxygens (including phenoxy) is 1. The van der Waals surface area contributed by atoms with Gasteiger partial charge in [-0.2, -0.15) is 0 Å². The number of hydrogen-bond acceptors (Lipinski definition) is 3. The number of aromatic nitrogens is 1. The average molecular weight is 430 g/mol. The molecule has 0 N–H and O–H groups in total. The van der Waals surface area contributed by atoms with Crippen LogP contribution in [0.3, 0.4) is 0 Å². The third kappa shape index (κ3) is 3.86. The zero-order chi connectivity index (χ0) is 20.5. The molecule has 0 radical (unpaired) electrons. The fourth-order valence-corrected chi connectivity index (χ4v) is 5.40. The van der Waals surface area contributed by atoms with Crippen LogP contribution in [0.4, 0.5) is 0 Å². The van der Waals surface area contributed by atoms with E-state index in [2.05, 4.69) is 10.6 Å². The minimum absolute atomic E-state index is 0.101. The SMILES string of the molecule is COC(=O)C[C@@H]1CCCc2c1n(Cc1ccc(Cl)cc1)c1c([S@@](C)=O)cccc21. The second kappa shape index (κ2) is 8.33. The average Bonchev–Trinajstić information content (AvgIpc) is 3.04. The van der Waals surface area contributed by atoms with E-state index in [0.29, 0.717) is 18.0 Å². The van der Waals surface area contributed by atoms with Gasteiger partial charge in [0.05, 0.1) is 34.7 Å². The molecule has 1 heterocycles. The molecule has 0 bridgehead atoms. The highest BCUT2D eigenvalue weighted by molar-refractivity contribution is 7.84. The van der Waals surface area contributed by atoms with Crippen LogP contribution >= 0.6 is 11.6 Å². The zero-order valence-corrected chi connectivity index (χ0v) is 18.2. The normalized spacial score (nSPS) is 17.1. The monoisotopic (exact) mass is 429 g/mol. The minimum Gasteiger partial charge on any atom is -0.469 e. The Balaban J connectivity index is 1.94. The summed E-state index contributed by atoms with van der Waals surface area (Å²) < 4.78 is 19.8. The molecule has 4 nitrogen and oxygen atoms in total. The summed E-state index contributed by atoms with van der Waals surface area (Å²) in [5.74, 6) is -0.0884. The predicted octanol–water partition coefficient (Wildman–Crippen LogP) is 5.06. The van der Waals surface area contributed by atoms with Crippen LogP contribution in [0.15, 0.2) is 47.4 Å². The number of carbonyl (C=O) groups is 1. The predicted molar refractivity (Wildman–Crippen MR) is 117 cm³/mol. The number of methoxy groups -OCH3 is 1. The Morgan fingerprint density at radius 2 is 2.00 bits per heavy atom. The molecule has 0 aliphatic heterocycles. The van der Waals surface area contributed by atoms with Crippen molar-refractivity contribution in [3.8, 4) is 0 Å². The third-order valence-electron chi connectivity index (χ3n) is 5.76. The molecule has 2 aromatic carbocycles. The summed E-state index contributed by atoms with van der Waals surface area (Å²) in [5, 5.41) is 1.85. The lowest BCUT2D eigenvalue weighted by atomic mass is 9.84. The Morgan fingerprint density at radius 1 is 1.24 bits per heavy atom. The van der Waals surface area contributed by atoms with Crippen molar-refractivity contribution in [3.05, 3.63) is 64.3 Å². The smallest absolute Gasteiger partial charge is 0.306 e. The molecular formula is C23H24ClNO3S. The number of aryl methyl sites for hydroxylation is 1. The van der Waals surface area contributed by atoms with Gasteiger partial charge in [-0.25, -0.2) is 0 Å². The van der Waals surface area contributed by atoms with E-state index in [0.717, 1.165) is 40.6 Å². The number of hydrogen-bond donors (Lipinski definition) is 0. The van der Waals surface area contributed by atoms with Gasteiger partial charge < -0.3 is 9.30 Å². The van der Waals surface area contributed by atoms with Crippen molar-refractivity contribution in [2.24, 2.45) is 0 Å². The van der Waals surface area contributed by atoms with Gasteiger partial charge in [-0.3, -0.25) is 9.00 Å². The van der Waals surface area contributed by atoms with Gasteiger partial charge in [0.15, 0.2) is 0 Å². The first-order valence-corrected chi connectivity index (χ1v) is 11.7. The molecule has 0 amide bonds. The lowest BCUT2D eigenvalue weighted by Crippen LogP contribution is -2.18. The van der Waals surface area contributed by atoms with E-state index in [-0.39, 0.29) is 11.9 Å². The van der Waals surface area contributed by atoms with Crippen molar-refractivity contribution in [2.45, 2.75) is 43.0 Å². The van der Waals surface area contributed by atoms with Crippen LogP contribution in [-0.2, 0) is 33.3 Å². The van der Waals surface area contributed by atoms with Gasteiger partial charge in [-0.05, 0) is 48.6 Å². The molecule has 0 saturated heterocycles. The number of fused-ring (bicyclic) bond motifs is 3. The molecule has 0 unspecified atom stereocenters. The molecule has 4 rings (SSSR count). The molecular weight excluding hydrogens is 406 g/mol. The maximum absolute atomic E-state index is 12.5. The fourth-order valence-electron chi connectivity index (χ4n) is 4.51. The van der Waals surface area contributed by atoms with Gasteiger partial charge in [0, 0.05) is 34.8 Å². The molecule has 2 atom stereocenters. The summed E-state index contributed by atoms with van der Waals surface area (Å²) in [5.41, 5.74) is 4.60. The van der Waals surface area contributed by atoms with Gasteiger partial charge in [0.25, 0.3) is 0 Å². The molecule has 0 spiro atoms. The van der Waals surface area contributed by atoms with Crippen molar-refractivity contribution >= 4 is 39.3 Å². The van der Waals surface area contributed by atoms with Gasteiger partial charge in [-0.15, -0.1) is 0 Å². The summed E-state index contributed by atoms with van der Waals surface area (Å²) in [7, 11) is 0.327. The summed E-state index contributed by atoms with van der Waals surface area (Å²) in [4.78, 5) is 12.9. The number of carbonyl (C=O) groups excluding carboxylic acids is 1. The van der Waals surface area contributed by atoms with E-state index in [4.69, 9.17) is 16.3 Å². The van der Waals surface area contributed by atoms with Crippen LogP contribution in [0.5, 0.6) is 0 Å². The molecule has 6 heteroatoms. The molecule has 152 valence electrons. The maximum atomic E-state index is 12.5. The molecule has 1 aliphatic rings. The van der Waals surface area contributed by atoms with Gasteiger partial charge in [0.2, 0.25) is 0 Å². The van der Waals surface area contributed by atoms with E-state index in [9.17, 15) is 9.00 Å². The molecule has 29 heavy (non-hydrogen) atoms. The lowest BCUT2D eigenvalue weighted by Gasteiger charge is -2.25. The van der Waals surface area contributed by atoms with Crippen molar-refractivity contribution in [1.82, 2.24) is 4.57 Å². The number of halogens is 1. The maximum Gasteiger partial charge on any atom is 0.306 e. The van der Waals surface area contributed by atoms with E-state index in [1.165, 1.54) is 18.4 Å². The van der Waals surface area contributed by atoms with Crippen LogP contribution in [0, 0.1) is 0 Å². The van der Waals surface area contributed by atoms with E-state index < -0.39 is 10.8 Å². The number of benzene rings is 2. The van der Waals surface area contributed by atoms with Gasteiger partial charge >= 0.3 is 5.97 Å². The molecule has 3 aromatic rings. The zero-order valence-electron chi connectivity index (χ0n) is 16.6. The van der Waals surface area contributed by atoms with Gasteiger partial charge in [-0.1, -0.05) is 35.9 Å². The second-order valence-electron chi connectivity index (χ2n) is 7.55. The summed E-state index contributed by atoms with van der Waals surface area (Å²) >= 11 is 6.07. The van der Waals surface area contributed by atoms with Crippen LogP contribution in [0.1, 0.15) is 42.0 Å². The number of nitrogens with zero attached hydrogens (tertiary/aromatic N) is 1. The van der Waals surface area contributed by atoms with Crippen LogP contribution in [-0.4, -0.2) is 28.1 Å². The summed E-state index contributed by atoms with van der Waals surface area (Å²) in [6.45, 7) is 0.648. The Hall–Kier alpha value is -2.11. The van der Waals surface area contributed by atoms with E-state index >= 15 is 0 Å². The van der Waals surface area contributed by atoms with E-state index in [1.807, 2.05) is 36.4 Å². The van der Waals surface area contributed by atoms with Crippen LogP contribution < -0.4 is 0 Å².